The molecule has 1 saturated carbocycles. The van der Waals surface area contributed by atoms with Gasteiger partial charge in [0.05, 0.1) is 5.70 Å². The lowest BCUT2D eigenvalue weighted by atomic mass is 9.94. The first-order valence-corrected chi connectivity index (χ1v) is 6.66. The summed E-state index contributed by atoms with van der Waals surface area (Å²) in [6, 6.07) is 0. The summed E-state index contributed by atoms with van der Waals surface area (Å²) >= 11 is 0. The predicted octanol–water partition coefficient (Wildman–Crippen LogP) is 4.92. The SMILES string of the molecule is C=C(C)/C(=C/C(C)/C(=C\CC)C1CC1)N=CC. The zero-order chi connectivity index (χ0) is 12.8. The van der Waals surface area contributed by atoms with Gasteiger partial charge in [0.15, 0.2) is 0 Å². The molecule has 0 radical (unpaired) electrons. The highest BCUT2D eigenvalue weighted by Crippen LogP contribution is 2.41. The van der Waals surface area contributed by atoms with Crippen LogP contribution >= 0.6 is 0 Å². The zero-order valence-electron chi connectivity index (χ0n) is 11.7. The van der Waals surface area contributed by atoms with Gasteiger partial charge in [-0.2, -0.15) is 0 Å². The number of nitrogens with zero attached hydrogens (tertiary/aromatic N) is 1. The van der Waals surface area contributed by atoms with E-state index in [4.69, 9.17) is 0 Å². The van der Waals surface area contributed by atoms with Crippen LogP contribution in [0.2, 0.25) is 0 Å². The van der Waals surface area contributed by atoms with Crippen LogP contribution in [0, 0.1) is 11.8 Å². The minimum absolute atomic E-state index is 0.484. The average molecular weight is 231 g/mol. The minimum atomic E-state index is 0.484. The molecule has 0 bridgehead atoms. The van der Waals surface area contributed by atoms with Crippen LogP contribution in [0.4, 0.5) is 0 Å². The largest absolute Gasteiger partial charge is 0.262 e. The molecule has 17 heavy (non-hydrogen) atoms. The van der Waals surface area contributed by atoms with Gasteiger partial charge >= 0.3 is 0 Å². The van der Waals surface area contributed by atoms with E-state index in [1.165, 1.54) is 12.8 Å². The number of aliphatic imine (C=N–C) groups is 1. The van der Waals surface area contributed by atoms with E-state index >= 15 is 0 Å². The van der Waals surface area contributed by atoms with Crippen molar-refractivity contribution < 1.29 is 0 Å². The molecule has 0 heterocycles. The molecule has 1 rings (SSSR count). The third-order valence-electron chi connectivity index (χ3n) is 3.13. The van der Waals surface area contributed by atoms with E-state index in [1.807, 2.05) is 20.1 Å². The molecule has 94 valence electrons. The molecule has 0 aromatic heterocycles. The monoisotopic (exact) mass is 231 g/mol. The fourth-order valence-corrected chi connectivity index (χ4v) is 2.14. The molecule has 1 fully saturated rings. The summed E-state index contributed by atoms with van der Waals surface area (Å²) in [5.74, 6) is 1.32. The van der Waals surface area contributed by atoms with E-state index in [-0.39, 0.29) is 0 Å². The Morgan fingerprint density at radius 3 is 2.53 bits per heavy atom. The summed E-state index contributed by atoms with van der Waals surface area (Å²) in [7, 11) is 0. The lowest BCUT2D eigenvalue weighted by molar-refractivity contribution is 0.758. The first-order valence-electron chi connectivity index (χ1n) is 6.66. The highest BCUT2D eigenvalue weighted by Gasteiger charge is 2.28. The van der Waals surface area contributed by atoms with Gasteiger partial charge in [0.2, 0.25) is 0 Å². The summed E-state index contributed by atoms with van der Waals surface area (Å²) < 4.78 is 0. The van der Waals surface area contributed by atoms with Gasteiger partial charge in [-0.3, -0.25) is 4.99 Å². The molecule has 1 aliphatic rings. The van der Waals surface area contributed by atoms with Crippen LogP contribution in [0.3, 0.4) is 0 Å². The maximum absolute atomic E-state index is 4.40. The summed E-state index contributed by atoms with van der Waals surface area (Å²) in [6.07, 6.45) is 10.3. The molecule has 0 aromatic rings. The van der Waals surface area contributed by atoms with Gasteiger partial charge in [-0.05, 0) is 50.5 Å². The minimum Gasteiger partial charge on any atom is -0.262 e. The van der Waals surface area contributed by atoms with Crippen LogP contribution in [0.25, 0.3) is 0 Å². The Balaban J connectivity index is 2.85. The first kappa shape index (κ1) is 14.0. The van der Waals surface area contributed by atoms with Crippen LogP contribution < -0.4 is 0 Å². The highest BCUT2D eigenvalue weighted by molar-refractivity contribution is 5.57. The lowest BCUT2D eigenvalue weighted by Gasteiger charge is -2.13. The molecule has 1 heteroatoms. The van der Waals surface area contributed by atoms with E-state index in [0.717, 1.165) is 23.6 Å². The highest BCUT2D eigenvalue weighted by atomic mass is 14.7. The normalized spacial score (nSPS) is 19.8. The van der Waals surface area contributed by atoms with Gasteiger partial charge in [-0.1, -0.05) is 38.2 Å². The second-order valence-electron chi connectivity index (χ2n) is 4.89. The van der Waals surface area contributed by atoms with Crippen molar-refractivity contribution in [2.75, 3.05) is 0 Å². The van der Waals surface area contributed by atoms with Gasteiger partial charge in [0.25, 0.3) is 0 Å². The van der Waals surface area contributed by atoms with Crippen molar-refractivity contribution in [1.82, 2.24) is 0 Å². The van der Waals surface area contributed by atoms with Crippen LogP contribution in [-0.4, -0.2) is 6.21 Å². The molecule has 0 amide bonds. The summed E-state index contributed by atoms with van der Waals surface area (Å²) in [5.41, 5.74) is 3.67. The van der Waals surface area contributed by atoms with Crippen LogP contribution in [0.5, 0.6) is 0 Å². The third kappa shape index (κ3) is 4.33. The van der Waals surface area contributed by atoms with Crippen molar-refractivity contribution in [3.63, 3.8) is 0 Å². The molecule has 1 aliphatic carbocycles. The molecule has 0 aliphatic heterocycles. The van der Waals surface area contributed by atoms with E-state index in [0.29, 0.717) is 5.92 Å². The number of allylic oxidation sites excluding steroid dienone is 4. The Morgan fingerprint density at radius 2 is 2.12 bits per heavy atom. The summed E-state index contributed by atoms with van der Waals surface area (Å²) in [6.45, 7) is 12.4. The van der Waals surface area contributed by atoms with Crippen molar-refractivity contribution in [3.05, 3.63) is 35.6 Å². The van der Waals surface area contributed by atoms with Crippen LogP contribution in [-0.2, 0) is 0 Å². The molecular weight excluding hydrogens is 206 g/mol. The maximum Gasteiger partial charge on any atom is 0.0614 e. The lowest BCUT2D eigenvalue weighted by Crippen LogP contribution is -2.00. The fraction of sp³-hybridized carbons (Fsp3) is 0.562. The standard InChI is InChI=1S/C16H25N/c1-6-8-15(14-9-10-14)13(5)11-16(12(3)4)17-7-2/h7-8,11,13-14H,3,6,9-10H2,1-2,4-5H3/b15-8+,16-11-,17-7?. The van der Waals surface area contributed by atoms with E-state index < -0.39 is 0 Å². The van der Waals surface area contributed by atoms with Gasteiger partial charge in [0.1, 0.15) is 0 Å². The van der Waals surface area contributed by atoms with Crippen molar-refractivity contribution in [2.24, 2.45) is 16.8 Å². The van der Waals surface area contributed by atoms with E-state index in [1.54, 1.807) is 5.57 Å². The molecule has 1 unspecified atom stereocenters. The van der Waals surface area contributed by atoms with Gasteiger partial charge in [-0.15, -0.1) is 0 Å². The van der Waals surface area contributed by atoms with Crippen molar-refractivity contribution >= 4 is 6.21 Å². The molecular formula is C16H25N. The Hall–Kier alpha value is -1.11. The van der Waals surface area contributed by atoms with Gasteiger partial charge < -0.3 is 0 Å². The Labute approximate surface area is 106 Å². The van der Waals surface area contributed by atoms with Gasteiger partial charge in [0, 0.05) is 6.21 Å². The zero-order valence-corrected chi connectivity index (χ0v) is 11.7. The number of rotatable bonds is 6. The molecule has 0 spiro atoms. The third-order valence-corrected chi connectivity index (χ3v) is 3.13. The van der Waals surface area contributed by atoms with Crippen LogP contribution in [0.1, 0.15) is 47.0 Å². The Kier molecular flexibility index (Phi) is 5.40. The van der Waals surface area contributed by atoms with Gasteiger partial charge in [-0.25, -0.2) is 0 Å². The summed E-state index contributed by atoms with van der Waals surface area (Å²) in [4.78, 5) is 4.40. The van der Waals surface area contributed by atoms with Crippen molar-refractivity contribution in [3.8, 4) is 0 Å². The molecule has 1 atom stereocenters. The number of hydrogen-bond acceptors (Lipinski definition) is 1. The first-order chi connectivity index (χ1) is 8.10. The molecule has 0 N–H and O–H groups in total. The van der Waals surface area contributed by atoms with Crippen molar-refractivity contribution in [1.29, 1.82) is 0 Å². The maximum atomic E-state index is 4.40. The predicted molar refractivity (Wildman–Crippen MR) is 77.3 cm³/mol. The molecule has 0 aromatic carbocycles. The second kappa shape index (κ2) is 6.58. The summed E-state index contributed by atoms with van der Waals surface area (Å²) in [5, 5.41) is 0. The average Bonchev–Trinajstić information content (AvgIpc) is 3.08. The Bertz CT molecular complexity index is 354. The number of hydrogen-bond donors (Lipinski definition) is 0. The second-order valence-corrected chi connectivity index (χ2v) is 4.89. The molecule has 0 saturated heterocycles. The van der Waals surface area contributed by atoms with E-state index in [2.05, 4.69) is 37.6 Å². The topological polar surface area (TPSA) is 12.4 Å². The van der Waals surface area contributed by atoms with E-state index in [9.17, 15) is 0 Å². The quantitative estimate of drug-likeness (QED) is 0.349. The molecule has 1 nitrogen and oxygen atoms in total. The Morgan fingerprint density at radius 1 is 1.47 bits per heavy atom. The van der Waals surface area contributed by atoms with Crippen molar-refractivity contribution in [2.45, 2.75) is 47.0 Å². The fourth-order valence-electron chi connectivity index (χ4n) is 2.14. The smallest absolute Gasteiger partial charge is 0.0614 e. The van der Waals surface area contributed by atoms with Crippen LogP contribution in [0.15, 0.2) is 40.6 Å².